The summed E-state index contributed by atoms with van der Waals surface area (Å²) in [6, 6.07) is 8.78. The second-order valence-electron chi connectivity index (χ2n) is 5.09. The third-order valence-corrected chi connectivity index (χ3v) is 4.74. The van der Waals surface area contributed by atoms with E-state index in [1.807, 2.05) is 13.8 Å². The van der Waals surface area contributed by atoms with Gasteiger partial charge in [-0.1, -0.05) is 42.1 Å². The second-order valence-corrected chi connectivity index (χ2v) is 6.17. The molecular weight excluding hydrogens is 355 g/mol. The van der Waals surface area contributed by atoms with Gasteiger partial charge >= 0.3 is 6.18 Å². The molecule has 136 valence electrons. The Morgan fingerprint density at radius 1 is 1.24 bits per heavy atom. The van der Waals surface area contributed by atoms with Gasteiger partial charge in [0.1, 0.15) is 5.25 Å². The van der Waals surface area contributed by atoms with E-state index < -0.39 is 17.3 Å². The van der Waals surface area contributed by atoms with E-state index in [0.29, 0.717) is 23.3 Å². The average molecular weight is 373 g/mol. The molecular formula is C15H18F3N5OS. The third kappa shape index (κ3) is 4.25. The number of halogens is 3. The van der Waals surface area contributed by atoms with Gasteiger partial charge in [0.15, 0.2) is 0 Å². The molecule has 0 saturated carbocycles. The van der Waals surface area contributed by atoms with E-state index in [9.17, 15) is 18.0 Å². The minimum Gasteiger partial charge on any atom is -0.342 e. The van der Waals surface area contributed by atoms with Gasteiger partial charge in [-0.05, 0) is 19.4 Å². The molecule has 1 unspecified atom stereocenters. The lowest BCUT2D eigenvalue weighted by atomic mass is 10.1. The number of carbonyl (C=O) groups excluding carboxylic acids is 1. The number of hydrogen-bond donors (Lipinski definition) is 1. The number of nitrogens with two attached hydrogens (primary N) is 1. The molecule has 1 amide bonds. The molecule has 25 heavy (non-hydrogen) atoms. The Balaban J connectivity index is 2.38. The maximum atomic E-state index is 12.8. The smallest absolute Gasteiger partial charge is 0.342 e. The van der Waals surface area contributed by atoms with Crippen LogP contribution in [-0.4, -0.2) is 38.8 Å². The SMILES string of the molecule is CCN(CC)C(=O)C(Sc1nnc(C(F)(F)F)n1N)c1ccccc1. The van der Waals surface area contributed by atoms with Crippen LogP contribution in [0.25, 0.3) is 0 Å². The van der Waals surface area contributed by atoms with Crippen molar-refractivity contribution in [2.75, 3.05) is 18.9 Å². The van der Waals surface area contributed by atoms with Crippen molar-refractivity contribution in [3.05, 3.63) is 41.7 Å². The topological polar surface area (TPSA) is 77.0 Å². The summed E-state index contributed by atoms with van der Waals surface area (Å²) in [6.07, 6.45) is -4.72. The second kappa shape index (κ2) is 7.77. The lowest BCUT2D eigenvalue weighted by Gasteiger charge is -2.24. The van der Waals surface area contributed by atoms with Gasteiger partial charge in [-0.15, -0.1) is 10.2 Å². The Bertz CT molecular complexity index is 716. The molecule has 0 aliphatic carbocycles. The summed E-state index contributed by atoms with van der Waals surface area (Å²) < 4.78 is 38.9. The number of hydrogen-bond acceptors (Lipinski definition) is 5. The van der Waals surface area contributed by atoms with E-state index in [1.165, 1.54) is 0 Å². The Hall–Kier alpha value is -2.23. The standard InChI is InChI=1S/C15H18F3N5OS/c1-3-22(4-2)12(24)11(10-8-6-5-7-9-10)25-14-21-20-13(23(14)19)15(16,17)18/h5-9,11H,3-4,19H2,1-2H3. The Morgan fingerprint density at radius 3 is 2.32 bits per heavy atom. The fourth-order valence-electron chi connectivity index (χ4n) is 2.25. The first-order valence-corrected chi connectivity index (χ1v) is 8.45. The zero-order valence-electron chi connectivity index (χ0n) is 13.7. The molecule has 2 aromatic rings. The highest BCUT2D eigenvalue weighted by Gasteiger charge is 2.39. The molecule has 0 fully saturated rings. The van der Waals surface area contributed by atoms with Crippen molar-refractivity contribution < 1.29 is 18.0 Å². The molecule has 0 aliphatic heterocycles. The first-order valence-electron chi connectivity index (χ1n) is 7.57. The van der Waals surface area contributed by atoms with E-state index in [0.717, 1.165) is 11.8 Å². The summed E-state index contributed by atoms with van der Waals surface area (Å²) in [7, 11) is 0. The Morgan fingerprint density at radius 2 is 1.84 bits per heavy atom. The van der Waals surface area contributed by atoms with E-state index in [4.69, 9.17) is 5.84 Å². The molecule has 1 aromatic heterocycles. The van der Waals surface area contributed by atoms with Crippen LogP contribution in [0.2, 0.25) is 0 Å². The first kappa shape index (κ1) is 19.1. The van der Waals surface area contributed by atoms with Crippen LogP contribution in [0.3, 0.4) is 0 Å². The fourth-order valence-corrected chi connectivity index (χ4v) is 3.29. The van der Waals surface area contributed by atoms with Gasteiger partial charge in [0.2, 0.25) is 11.1 Å². The van der Waals surface area contributed by atoms with Crippen LogP contribution in [0.5, 0.6) is 0 Å². The lowest BCUT2D eigenvalue weighted by molar-refractivity contribution is -0.146. The minimum absolute atomic E-state index is 0.179. The van der Waals surface area contributed by atoms with E-state index >= 15 is 0 Å². The number of likely N-dealkylation sites (N-methyl/N-ethyl adjacent to an activating group) is 1. The van der Waals surface area contributed by atoms with Gasteiger partial charge in [0.05, 0.1) is 0 Å². The average Bonchev–Trinajstić information content (AvgIpc) is 2.95. The number of carbonyl (C=O) groups is 1. The molecule has 0 spiro atoms. The van der Waals surface area contributed by atoms with Gasteiger partial charge in [0.25, 0.3) is 5.82 Å². The molecule has 6 nitrogen and oxygen atoms in total. The van der Waals surface area contributed by atoms with Crippen molar-refractivity contribution >= 4 is 17.7 Å². The van der Waals surface area contributed by atoms with Crippen molar-refractivity contribution in [1.82, 2.24) is 19.8 Å². The van der Waals surface area contributed by atoms with Gasteiger partial charge in [-0.25, -0.2) is 4.68 Å². The van der Waals surface area contributed by atoms with Crippen molar-refractivity contribution in [1.29, 1.82) is 0 Å². The highest BCUT2D eigenvalue weighted by molar-refractivity contribution is 8.00. The highest BCUT2D eigenvalue weighted by Crippen LogP contribution is 2.37. The number of alkyl halides is 3. The van der Waals surface area contributed by atoms with Crippen LogP contribution in [0.15, 0.2) is 35.5 Å². The van der Waals surface area contributed by atoms with Crippen LogP contribution in [-0.2, 0) is 11.0 Å². The number of nitrogen functional groups attached to an aromatic ring is 1. The normalized spacial score (nSPS) is 12.8. The first-order chi connectivity index (χ1) is 11.8. The zero-order valence-corrected chi connectivity index (χ0v) is 14.5. The number of benzene rings is 1. The molecule has 0 saturated heterocycles. The maximum Gasteiger partial charge on any atom is 0.453 e. The Labute approximate surface area is 147 Å². The monoisotopic (exact) mass is 373 g/mol. The molecule has 1 heterocycles. The van der Waals surface area contributed by atoms with Gasteiger partial charge < -0.3 is 10.7 Å². The van der Waals surface area contributed by atoms with Crippen LogP contribution in [0.4, 0.5) is 13.2 Å². The molecule has 0 aliphatic rings. The number of aromatic nitrogens is 3. The number of nitrogens with zero attached hydrogens (tertiary/aromatic N) is 4. The summed E-state index contributed by atoms with van der Waals surface area (Å²) >= 11 is 0.846. The third-order valence-electron chi connectivity index (χ3n) is 3.54. The predicted molar refractivity (Wildman–Crippen MR) is 88.1 cm³/mol. The van der Waals surface area contributed by atoms with Crippen molar-refractivity contribution in [3.63, 3.8) is 0 Å². The summed E-state index contributed by atoms with van der Waals surface area (Å²) in [4.78, 5) is 14.4. The van der Waals surface area contributed by atoms with Gasteiger partial charge in [-0.3, -0.25) is 4.79 Å². The Kier molecular flexibility index (Phi) is 5.93. The molecule has 1 atom stereocenters. The fraction of sp³-hybridized carbons (Fsp3) is 0.400. The maximum absolute atomic E-state index is 12.8. The highest BCUT2D eigenvalue weighted by atomic mass is 32.2. The minimum atomic E-state index is -4.72. The zero-order chi connectivity index (χ0) is 18.6. The van der Waals surface area contributed by atoms with Crippen molar-refractivity contribution in [2.24, 2.45) is 0 Å². The van der Waals surface area contributed by atoms with E-state index in [2.05, 4.69) is 10.2 Å². The quantitative estimate of drug-likeness (QED) is 0.622. The van der Waals surface area contributed by atoms with Crippen molar-refractivity contribution in [2.45, 2.75) is 30.4 Å². The molecule has 2 rings (SSSR count). The van der Waals surface area contributed by atoms with E-state index in [-0.39, 0.29) is 11.1 Å². The number of rotatable bonds is 6. The molecule has 2 N–H and O–H groups in total. The van der Waals surface area contributed by atoms with Crippen LogP contribution in [0.1, 0.15) is 30.5 Å². The molecule has 0 radical (unpaired) electrons. The van der Waals surface area contributed by atoms with Gasteiger partial charge in [-0.2, -0.15) is 13.2 Å². The number of amides is 1. The molecule has 0 bridgehead atoms. The predicted octanol–water partition coefficient (Wildman–Crippen LogP) is 2.71. The summed E-state index contributed by atoms with van der Waals surface area (Å²) in [5, 5.41) is 5.65. The summed E-state index contributed by atoms with van der Waals surface area (Å²) in [5.74, 6) is 3.95. The summed E-state index contributed by atoms with van der Waals surface area (Å²) in [6.45, 7) is 4.65. The largest absolute Gasteiger partial charge is 0.453 e. The van der Waals surface area contributed by atoms with Gasteiger partial charge in [0, 0.05) is 13.1 Å². The molecule has 10 heteroatoms. The number of thioether (sulfide) groups is 1. The van der Waals surface area contributed by atoms with Crippen LogP contribution < -0.4 is 5.84 Å². The van der Waals surface area contributed by atoms with E-state index in [1.54, 1.807) is 35.2 Å². The molecule has 1 aromatic carbocycles. The van der Waals surface area contributed by atoms with Crippen molar-refractivity contribution in [3.8, 4) is 0 Å². The van der Waals surface area contributed by atoms with Crippen LogP contribution in [0, 0.1) is 0 Å². The lowest BCUT2D eigenvalue weighted by Crippen LogP contribution is -2.34. The summed E-state index contributed by atoms with van der Waals surface area (Å²) in [5.41, 5.74) is 0.654. The van der Waals surface area contributed by atoms with Crippen LogP contribution >= 0.6 is 11.8 Å².